The summed E-state index contributed by atoms with van der Waals surface area (Å²) in [6.07, 6.45) is -11.4. The number of nitrogens with zero attached hydrogens (tertiary/aromatic N) is 3. The number of rotatable bonds is 3. The van der Waals surface area contributed by atoms with E-state index in [4.69, 9.17) is 5.73 Å². The quantitative estimate of drug-likeness (QED) is 0.672. The first-order chi connectivity index (χ1) is 10.8. The highest BCUT2D eigenvalue weighted by atomic mass is 19.4. The van der Waals surface area contributed by atoms with E-state index in [0.29, 0.717) is 0 Å². The molecule has 0 radical (unpaired) electrons. The number of nitrogens with two attached hydrogens (primary N) is 1. The molecule has 4 nitrogen and oxygen atoms in total. The number of hydrogen-bond donors (Lipinski definition) is 1. The molecule has 132 valence electrons. The maximum absolute atomic E-state index is 13.2. The Labute approximate surface area is 128 Å². The second-order valence-corrected chi connectivity index (χ2v) is 4.73. The first kappa shape index (κ1) is 17.9. The molecule has 1 heterocycles. The summed E-state index contributed by atoms with van der Waals surface area (Å²) in [5, 5.41) is 2.72. The van der Waals surface area contributed by atoms with Gasteiger partial charge < -0.3 is 5.73 Å². The molecular formula is C12H8F8N4. The van der Waals surface area contributed by atoms with Crippen LogP contribution in [0.2, 0.25) is 0 Å². The SMILES string of the molecule is Nc1ccc(Cn2nc(C(F)(F)C(F)(F)F)nc2C(F)(F)F)cc1. The lowest BCUT2D eigenvalue weighted by Crippen LogP contribution is -2.35. The van der Waals surface area contributed by atoms with E-state index in [0.717, 1.165) is 0 Å². The molecule has 2 aromatic rings. The number of aromatic nitrogens is 3. The normalized spacial score (nSPS) is 13.3. The first-order valence-corrected chi connectivity index (χ1v) is 6.14. The molecule has 0 atom stereocenters. The van der Waals surface area contributed by atoms with Crippen LogP contribution in [0.4, 0.5) is 40.8 Å². The van der Waals surface area contributed by atoms with Gasteiger partial charge in [0, 0.05) is 5.69 Å². The third kappa shape index (κ3) is 3.41. The van der Waals surface area contributed by atoms with E-state index in [1.807, 2.05) is 0 Å². The monoisotopic (exact) mass is 360 g/mol. The van der Waals surface area contributed by atoms with Gasteiger partial charge in [-0.2, -0.15) is 35.1 Å². The third-order valence-electron chi connectivity index (χ3n) is 2.87. The molecule has 0 saturated heterocycles. The van der Waals surface area contributed by atoms with E-state index in [2.05, 4.69) is 10.1 Å². The van der Waals surface area contributed by atoms with E-state index in [9.17, 15) is 35.1 Å². The fourth-order valence-electron chi connectivity index (χ4n) is 1.72. The fraction of sp³-hybridized carbons (Fsp3) is 0.333. The minimum absolute atomic E-state index is 0.0551. The summed E-state index contributed by atoms with van der Waals surface area (Å²) in [6.45, 7) is -0.712. The number of anilines is 1. The minimum Gasteiger partial charge on any atom is -0.399 e. The standard InChI is InChI=1S/C12H8F8N4/c13-10(14,12(18,19)20)8-22-9(11(15,16)17)24(23-8)5-6-1-3-7(21)4-2-6/h1-4H,5,21H2. The molecular weight excluding hydrogens is 352 g/mol. The van der Waals surface area contributed by atoms with Gasteiger partial charge in [-0.05, 0) is 17.7 Å². The zero-order chi connectivity index (χ0) is 18.3. The van der Waals surface area contributed by atoms with Crippen molar-refractivity contribution in [2.24, 2.45) is 0 Å². The Kier molecular flexibility index (Phi) is 4.19. The van der Waals surface area contributed by atoms with Crippen molar-refractivity contribution >= 4 is 5.69 Å². The van der Waals surface area contributed by atoms with Gasteiger partial charge in [0.05, 0.1) is 6.54 Å². The molecule has 0 bridgehead atoms. The molecule has 12 heteroatoms. The van der Waals surface area contributed by atoms with Crippen molar-refractivity contribution in [3.63, 3.8) is 0 Å². The van der Waals surface area contributed by atoms with Crippen molar-refractivity contribution < 1.29 is 35.1 Å². The van der Waals surface area contributed by atoms with E-state index in [1.165, 1.54) is 24.3 Å². The van der Waals surface area contributed by atoms with E-state index < -0.39 is 36.5 Å². The molecule has 0 aliphatic carbocycles. The first-order valence-electron chi connectivity index (χ1n) is 6.14. The molecule has 0 unspecified atom stereocenters. The van der Waals surface area contributed by atoms with Gasteiger partial charge in [0.2, 0.25) is 11.6 Å². The van der Waals surface area contributed by atoms with Gasteiger partial charge in [-0.15, -0.1) is 5.10 Å². The number of nitrogen functional groups attached to an aromatic ring is 1. The molecule has 2 rings (SSSR count). The van der Waals surface area contributed by atoms with Gasteiger partial charge in [0.1, 0.15) is 0 Å². The van der Waals surface area contributed by atoms with Crippen LogP contribution in [0.25, 0.3) is 0 Å². The highest BCUT2D eigenvalue weighted by Gasteiger charge is 2.62. The van der Waals surface area contributed by atoms with Crippen LogP contribution in [0, 0.1) is 0 Å². The number of benzene rings is 1. The van der Waals surface area contributed by atoms with Crippen molar-refractivity contribution in [2.45, 2.75) is 24.8 Å². The average Bonchev–Trinajstić information content (AvgIpc) is 2.84. The summed E-state index contributed by atoms with van der Waals surface area (Å²) in [6, 6.07) is 5.20. The Morgan fingerprint density at radius 1 is 0.917 bits per heavy atom. The Morgan fingerprint density at radius 3 is 1.92 bits per heavy atom. The van der Waals surface area contributed by atoms with Crippen LogP contribution in [-0.4, -0.2) is 20.9 Å². The second-order valence-electron chi connectivity index (χ2n) is 4.73. The summed E-state index contributed by atoms with van der Waals surface area (Å²) in [5.41, 5.74) is 5.83. The van der Waals surface area contributed by atoms with Crippen LogP contribution in [-0.2, 0) is 18.6 Å². The molecule has 0 aliphatic rings. The maximum atomic E-state index is 13.2. The van der Waals surface area contributed by atoms with Crippen molar-refractivity contribution in [2.75, 3.05) is 5.73 Å². The van der Waals surface area contributed by atoms with Crippen molar-refractivity contribution in [3.8, 4) is 0 Å². The Bertz CT molecular complexity index is 714. The summed E-state index contributed by atoms with van der Waals surface area (Å²) >= 11 is 0. The largest absolute Gasteiger partial charge is 0.461 e. The van der Waals surface area contributed by atoms with Crippen LogP contribution in [0.1, 0.15) is 17.2 Å². The van der Waals surface area contributed by atoms with Gasteiger partial charge in [-0.25, -0.2) is 9.67 Å². The molecule has 1 aromatic carbocycles. The number of halogens is 8. The highest BCUT2D eigenvalue weighted by molar-refractivity contribution is 5.39. The average molecular weight is 360 g/mol. The zero-order valence-electron chi connectivity index (χ0n) is 11.5. The molecule has 0 spiro atoms. The Balaban J connectivity index is 2.48. The molecule has 1 aromatic heterocycles. The molecule has 2 N–H and O–H groups in total. The predicted octanol–water partition coefficient (Wildman–Crippen LogP) is 3.58. The second kappa shape index (κ2) is 5.60. The van der Waals surface area contributed by atoms with Gasteiger partial charge in [-0.3, -0.25) is 0 Å². The molecule has 24 heavy (non-hydrogen) atoms. The van der Waals surface area contributed by atoms with Crippen LogP contribution < -0.4 is 5.73 Å². The smallest absolute Gasteiger partial charge is 0.399 e. The van der Waals surface area contributed by atoms with E-state index in [-0.39, 0.29) is 15.9 Å². The minimum atomic E-state index is -6.12. The lowest BCUT2D eigenvalue weighted by molar-refractivity contribution is -0.292. The van der Waals surface area contributed by atoms with Crippen molar-refractivity contribution in [1.82, 2.24) is 14.8 Å². The highest BCUT2D eigenvalue weighted by Crippen LogP contribution is 2.43. The fourth-order valence-corrected chi connectivity index (χ4v) is 1.72. The topological polar surface area (TPSA) is 56.7 Å². The van der Waals surface area contributed by atoms with Gasteiger partial charge in [0.25, 0.3) is 0 Å². The Morgan fingerprint density at radius 2 is 1.46 bits per heavy atom. The summed E-state index contributed by atoms with van der Waals surface area (Å²) in [7, 11) is 0. The zero-order valence-corrected chi connectivity index (χ0v) is 11.5. The van der Waals surface area contributed by atoms with Gasteiger partial charge in [-0.1, -0.05) is 12.1 Å². The van der Waals surface area contributed by atoms with Crippen LogP contribution in [0.3, 0.4) is 0 Å². The lowest BCUT2D eigenvalue weighted by atomic mass is 10.2. The lowest BCUT2D eigenvalue weighted by Gasteiger charge is -2.15. The summed E-state index contributed by atoms with van der Waals surface area (Å²) < 4.78 is 102. The third-order valence-corrected chi connectivity index (χ3v) is 2.87. The summed E-state index contributed by atoms with van der Waals surface area (Å²) in [5.74, 6) is -9.84. The van der Waals surface area contributed by atoms with E-state index in [1.54, 1.807) is 0 Å². The van der Waals surface area contributed by atoms with Gasteiger partial charge in [0.15, 0.2) is 0 Å². The predicted molar refractivity (Wildman–Crippen MR) is 64.9 cm³/mol. The molecule has 0 saturated carbocycles. The van der Waals surface area contributed by atoms with Crippen LogP contribution in [0.5, 0.6) is 0 Å². The van der Waals surface area contributed by atoms with Gasteiger partial charge >= 0.3 is 18.3 Å². The van der Waals surface area contributed by atoms with Crippen LogP contribution >= 0.6 is 0 Å². The van der Waals surface area contributed by atoms with Crippen molar-refractivity contribution in [3.05, 3.63) is 41.5 Å². The Hall–Kier alpha value is -2.40. The van der Waals surface area contributed by atoms with Crippen LogP contribution in [0.15, 0.2) is 24.3 Å². The van der Waals surface area contributed by atoms with Crippen molar-refractivity contribution in [1.29, 1.82) is 0 Å². The maximum Gasteiger partial charge on any atom is 0.461 e. The summed E-state index contributed by atoms with van der Waals surface area (Å²) in [4.78, 5) is 2.37. The molecule has 0 fully saturated rings. The number of alkyl halides is 8. The van der Waals surface area contributed by atoms with E-state index >= 15 is 0 Å². The number of hydrogen-bond acceptors (Lipinski definition) is 3. The molecule has 0 amide bonds. The molecule has 0 aliphatic heterocycles.